The monoisotopic (exact) mass is 325 g/mol. The van der Waals surface area contributed by atoms with Crippen molar-refractivity contribution in [3.63, 3.8) is 0 Å². The number of rotatable bonds is 4. The first-order valence-electron chi connectivity index (χ1n) is 6.07. The van der Waals surface area contributed by atoms with Crippen LogP contribution in [0, 0.1) is 0 Å². The SMILES string of the molecule is COc1ccc(S(=O)(=O)F)cc1NC(=O)Oc1ccccc1. The maximum Gasteiger partial charge on any atom is 0.417 e. The summed E-state index contributed by atoms with van der Waals surface area (Å²) in [7, 11) is -3.57. The van der Waals surface area contributed by atoms with Gasteiger partial charge in [-0.15, -0.1) is 3.89 Å². The molecule has 0 aliphatic rings. The molecule has 0 saturated heterocycles. The summed E-state index contributed by atoms with van der Waals surface area (Å²) in [5.74, 6) is 0.464. The lowest BCUT2D eigenvalue weighted by molar-refractivity contribution is 0.215. The normalized spacial score (nSPS) is 10.8. The number of carbonyl (C=O) groups is 1. The van der Waals surface area contributed by atoms with Crippen molar-refractivity contribution in [3.8, 4) is 11.5 Å². The molecule has 0 aliphatic heterocycles. The minimum absolute atomic E-state index is 0.0258. The third-order valence-electron chi connectivity index (χ3n) is 2.64. The van der Waals surface area contributed by atoms with Gasteiger partial charge in [0.2, 0.25) is 0 Å². The van der Waals surface area contributed by atoms with E-state index in [1.165, 1.54) is 13.2 Å². The largest absolute Gasteiger partial charge is 0.495 e. The molecule has 0 radical (unpaired) electrons. The summed E-state index contributed by atoms with van der Waals surface area (Å²) >= 11 is 0. The molecule has 2 aromatic rings. The lowest BCUT2D eigenvalue weighted by atomic mass is 10.3. The standard InChI is InChI=1S/C14H12FNO5S/c1-20-13-8-7-11(22(15,18)19)9-12(13)16-14(17)21-10-5-3-2-4-6-10/h2-9H,1H3,(H,16,17). The minimum Gasteiger partial charge on any atom is -0.495 e. The topological polar surface area (TPSA) is 81.7 Å². The van der Waals surface area contributed by atoms with Gasteiger partial charge in [-0.1, -0.05) is 18.2 Å². The van der Waals surface area contributed by atoms with Gasteiger partial charge in [-0.2, -0.15) is 8.42 Å². The second-order valence-electron chi connectivity index (χ2n) is 4.13. The van der Waals surface area contributed by atoms with Gasteiger partial charge >= 0.3 is 16.3 Å². The number of amides is 1. The number of halogens is 1. The zero-order chi connectivity index (χ0) is 16.2. The van der Waals surface area contributed by atoms with E-state index in [9.17, 15) is 17.1 Å². The summed E-state index contributed by atoms with van der Waals surface area (Å²) in [6.45, 7) is 0. The molecule has 116 valence electrons. The number of ether oxygens (including phenoxy) is 2. The van der Waals surface area contributed by atoms with E-state index in [1.54, 1.807) is 30.3 Å². The Hall–Kier alpha value is -2.61. The number of hydrogen-bond donors (Lipinski definition) is 1. The third-order valence-corrected chi connectivity index (χ3v) is 3.46. The van der Waals surface area contributed by atoms with Gasteiger partial charge in [-0.3, -0.25) is 5.32 Å². The van der Waals surface area contributed by atoms with Crippen LogP contribution in [0.4, 0.5) is 14.4 Å². The molecule has 0 spiro atoms. The van der Waals surface area contributed by atoms with Gasteiger partial charge in [0.1, 0.15) is 16.4 Å². The molecular weight excluding hydrogens is 313 g/mol. The van der Waals surface area contributed by atoms with Crippen molar-refractivity contribution in [3.05, 3.63) is 48.5 Å². The van der Waals surface area contributed by atoms with Crippen molar-refractivity contribution in [2.75, 3.05) is 12.4 Å². The summed E-state index contributed by atoms with van der Waals surface area (Å²) in [6.07, 6.45) is -0.863. The van der Waals surface area contributed by atoms with Gasteiger partial charge < -0.3 is 9.47 Å². The van der Waals surface area contributed by atoms with Gasteiger partial charge in [0, 0.05) is 0 Å². The van der Waals surface area contributed by atoms with Gasteiger partial charge in [0.15, 0.2) is 0 Å². The highest BCUT2D eigenvalue weighted by molar-refractivity contribution is 7.86. The Morgan fingerprint density at radius 3 is 2.41 bits per heavy atom. The molecule has 6 nitrogen and oxygen atoms in total. The minimum atomic E-state index is -4.89. The Morgan fingerprint density at radius 1 is 1.14 bits per heavy atom. The number of para-hydroxylation sites is 1. The van der Waals surface area contributed by atoms with E-state index in [0.29, 0.717) is 5.75 Å². The summed E-state index contributed by atoms with van der Waals surface area (Å²) in [4.78, 5) is 11.2. The predicted molar refractivity (Wildman–Crippen MR) is 77.4 cm³/mol. The van der Waals surface area contributed by atoms with Crippen molar-refractivity contribution in [2.24, 2.45) is 0 Å². The van der Waals surface area contributed by atoms with Crippen LogP contribution < -0.4 is 14.8 Å². The molecule has 0 aromatic heterocycles. The van der Waals surface area contributed by atoms with Crippen LogP contribution in [-0.4, -0.2) is 21.6 Å². The number of methoxy groups -OCH3 is 1. The van der Waals surface area contributed by atoms with Crippen LogP contribution in [0.2, 0.25) is 0 Å². The fourth-order valence-corrected chi connectivity index (χ4v) is 2.16. The fraction of sp³-hybridized carbons (Fsp3) is 0.0714. The average molecular weight is 325 g/mol. The van der Waals surface area contributed by atoms with Gasteiger partial charge in [-0.25, -0.2) is 4.79 Å². The van der Waals surface area contributed by atoms with E-state index >= 15 is 0 Å². The van der Waals surface area contributed by atoms with Crippen molar-refractivity contribution in [1.82, 2.24) is 0 Å². The van der Waals surface area contributed by atoms with E-state index in [2.05, 4.69) is 5.32 Å². The van der Waals surface area contributed by atoms with E-state index < -0.39 is 21.2 Å². The molecule has 0 bridgehead atoms. The molecule has 0 fully saturated rings. The highest BCUT2D eigenvalue weighted by atomic mass is 32.3. The molecule has 2 rings (SSSR count). The van der Waals surface area contributed by atoms with E-state index in [0.717, 1.165) is 12.1 Å². The number of hydrogen-bond acceptors (Lipinski definition) is 5. The molecule has 1 amide bonds. The van der Waals surface area contributed by atoms with Crippen LogP contribution in [0.3, 0.4) is 0 Å². The summed E-state index contributed by atoms with van der Waals surface area (Å²) in [5, 5.41) is 2.31. The van der Waals surface area contributed by atoms with Gasteiger partial charge in [0.05, 0.1) is 12.8 Å². The quantitative estimate of drug-likeness (QED) is 0.874. The van der Waals surface area contributed by atoms with Crippen LogP contribution in [0.5, 0.6) is 11.5 Å². The number of benzene rings is 2. The molecule has 8 heteroatoms. The Bertz CT molecular complexity index is 777. The van der Waals surface area contributed by atoms with Crippen molar-refractivity contribution >= 4 is 22.0 Å². The van der Waals surface area contributed by atoms with Crippen LogP contribution >= 0.6 is 0 Å². The molecule has 0 heterocycles. The van der Waals surface area contributed by atoms with Gasteiger partial charge in [-0.05, 0) is 30.3 Å². The maximum absolute atomic E-state index is 13.0. The second kappa shape index (κ2) is 6.44. The van der Waals surface area contributed by atoms with Crippen LogP contribution in [-0.2, 0) is 10.2 Å². The third kappa shape index (κ3) is 3.95. The van der Waals surface area contributed by atoms with Crippen LogP contribution in [0.1, 0.15) is 0 Å². The Kier molecular flexibility index (Phi) is 4.62. The van der Waals surface area contributed by atoms with E-state index in [-0.39, 0.29) is 11.4 Å². The first-order chi connectivity index (χ1) is 10.4. The predicted octanol–water partition coefficient (Wildman–Crippen LogP) is 2.96. The van der Waals surface area contributed by atoms with E-state index in [4.69, 9.17) is 9.47 Å². The number of carbonyl (C=O) groups excluding carboxylic acids is 1. The average Bonchev–Trinajstić information content (AvgIpc) is 2.47. The first-order valence-corrected chi connectivity index (χ1v) is 7.45. The Balaban J connectivity index is 2.22. The number of nitrogens with one attached hydrogen (secondary N) is 1. The smallest absolute Gasteiger partial charge is 0.417 e. The molecule has 22 heavy (non-hydrogen) atoms. The Morgan fingerprint density at radius 2 is 1.82 bits per heavy atom. The zero-order valence-electron chi connectivity index (χ0n) is 11.4. The first kappa shape index (κ1) is 15.8. The summed E-state index contributed by atoms with van der Waals surface area (Å²) in [5.41, 5.74) is -0.0258. The molecular formula is C14H12FNO5S. The van der Waals surface area contributed by atoms with Crippen molar-refractivity contribution < 1.29 is 26.6 Å². The molecule has 0 unspecified atom stereocenters. The van der Waals surface area contributed by atoms with Crippen LogP contribution in [0.15, 0.2) is 53.4 Å². The van der Waals surface area contributed by atoms with Gasteiger partial charge in [0.25, 0.3) is 0 Å². The molecule has 2 aromatic carbocycles. The molecule has 1 N–H and O–H groups in total. The highest BCUT2D eigenvalue weighted by Gasteiger charge is 2.17. The molecule has 0 atom stereocenters. The summed E-state index contributed by atoms with van der Waals surface area (Å²) < 4.78 is 44.8. The lowest BCUT2D eigenvalue weighted by Gasteiger charge is -2.11. The highest BCUT2D eigenvalue weighted by Crippen LogP contribution is 2.28. The Labute approximate surface area is 126 Å². The van der Waals surface area contributed by atoms with Crippen molar-refractivity contribution in [2.45, 2.75) is 4.90 Å². The molecule has 0 aliphatic carbocycles. The lowest BCUT2D eigenvalue weighted by Crippen LogP contribution is -2.17. The van der Waals surface area contributed by atoms with Crippen LogP contribution in [0.25, 0.3) is 0 Å². The summed E-state index contributed by atoms with van der Waals surface area (Å²) in [6, 6.07) is 11.5. The number of anilines is 1. The zero-order valence-corrected chi connectivity index (χ0v) is 12.3. The van der Waals surface area contributed by atoms with E-state index in [1.807, 2.05) is 0 Å². The second-order valence-corrected chi connectivity index (χ2v) is 5.47. The maximum atomic E-state index is 13.0. The van der Waals surface area contributed by atoms with Crippen molar-refractivity contribution in [1.29, 1.82) is 0 Å². The molecule has 0 saturated carbocycles. The fourth-order valence-electron chi connectivity index (χ4n) is 1.67.